The van der Waals surface area contributed by atoms with Crippen molar-refractivity contribution in [3.63, 3.8) is 0 Å². The lowest BCUT2D eigenvalue weighted by Gasteiger charge is -2.41. The Labute approximate surface area is 117 Å². The molecule has 0 saturated heterocycles. The summed E-state index contributed by atoms with van der Waals surface area (Å²) >= 11 is 0. The van der Waals surface area contributed by atoms with Crippen LogP contribution in [0.15, 0.2) is 0 Å². The first-order valence-corrected chi connectivity index (χ1v) is 8.40. The van der Waals surface area contributed by atoms with Crippen molar-refractivity contribution in [2.75, 3.05) is 0 Å². The van der Waals surface area contributed by atoms with E-state index < -0.39 is 0 Å². The summed E-state index contributed by atoms with van der Waals surface area (Å²) in [5.41, 5.74) is 0. The Morgan fingerprint density at radius 3 is 1.50 bits per heavy atom. The summed E-state index contributed by atoms with van der Waals surface area (Å²) in [5, 5.41) is 0. The molecule has 0 aliphatic heterocycles. The quantitative estimate of drug-likeness (QED) is 0.446. The smallest absolute Gasteiger partial charge is 0.0329 e. The second-order valence-corrected chi connectivity index (χ2v) is 6.98. The zero-order valence-electron chi connectivity index (χ0n) is 14.3. The topological polar surface area (TPSA) is 0 Å². The molecule has 0 radical (unpaired) electrons. The van der Waals surface area contributed by atoms with Crippen LogP contribution in [0.4, 0.5) is 0 Å². The molecule has 0 nitrogen and oxygen atoms in total. The van der Waals surface area contributed by atoms with Gasteiger partial charge >= 0.3 is 0 Å². The van der Waals surface area contributed by atoms with Gasteiger partial charge in [-0.2, -0.15) is 0 Å². The van der Waals surface area contributed by atoms with Gasteiger partial charge in [-0.25, -0.2) is 0 Å². The first kappa shape index (κ1) is 18.0. The summed E-state index contributed by atoms with van der Waals surface area (Å²) in [7, 11) is 0. The molecule has 0 aromatic carbocycles. The molecule has 0 N–H and O–H groups in total. The highest BCUT2D eigenvalue weighted by atomic mass is 14.4. The summed E-state index contributed by atoms with van der Waals surface area (Å²) in [6.45, 7) is 19.3. The summed E-state index contributed by atoms with van der Waals surface area (Å²) in [5.74, 6) is 5.26. The molecule has 0 aliphatic carbocycles. The van der Waals surface area contributed by atoms with Crippen LogP contribution in [-0.2, 0) is 0 Å². The average Bonchev–Trinajstić information content (AvgIpc) is 2.31. The second kappa shape index (κ2) is 8.99. The molecule has 4 unspecified atom stereocenters. The molecule has 0 saturated carbocycles. The maximum absolute atomic E-state index is 2.47. The number of rotatable bonds is 9. The van der Waals surface area contributed by atoms with Crippen molar-refractivity contribution in [3.05, 3.63) is 0 Å². The molecule has 0 heterocycles. The predicted molar refractivity (Wildman–Crippen MR) is 84.8 cm³/mol. The van der Waals surface area contributed by atoms with E-state index in [1.54, 1.807) is 0 Å². The van der Waals surface area contributed by atoms with Gasteiger partial charge in [0.1, 0.15) is 0 Å². The Hall–Kier alpha value is 0. The van der Waals surface area contributed by atoms with Crippen molar-refractivity contribution in [1.82, 2.24) is 0 Å². The van der Waals surface area contributed by atoms with Gasteiger partial charge in [0.05, 0.1) is 0 Å². The van der Waals surface area contributed by atoms with E-state index in [2.05, 4.69) is 55.4 Å². The van der Waals surface area contributed by atoms with Gasteiger partial charge < -0.3 is 0 Å². The average molecular weight is 255 g/mol. The summed E-state index contributed by atoms with van der Waals surface area (Å²) in [6.07, 6.45) is 5.44. The van der Waals surface area contributed by atoms with E-state index in [1.165, 1.54) is 25.7 Å². The third-order valence-electron chi connectivity index (χ3n) is 5.08. The van der Waals surface area contributed by atoms with Crippen LogP contribution in [0.3, 0.4) is 0 Å². The molecular weight excluding hydrogens is 216 g/mol. The van der Waals surface area contributed by atoms with Crippen LogP contribution in [0.1, 0.15) is 81.1 Å². The number of hydrogen-bond acceptors (Lipinski definition) is 0. The normalized spacial score (nSPS) is 19.0. The van der Waals surface area contributed by atoms with Crippen LogP contribution in [0.25, 0.3) is 0 Å². The van der Waals surface area contributed by atoms with Gasteiger partial charge in [-0.1, -0.05) is 81.1 Å². The predicted octanol–water partition coefficient (Wildman–Crippen LogP) is 6.40. The molecule has 0 aromatic rings. The molecule has 0 heteroatoms. The summed E-state index contributed by atoms with van der Waals surface area (Å²) in [4.78, 5) is 0. The highest BCUT2D eigenvalue weighted by Crippen LogP contribution is 2.41. The Morgan fingerprint density at radius 2 is 1.22 bits per heavy atom. The minimum atomic E-state index is 0.822. The zero-order valence-corrected chi connectivity index (χ0v) is 14.3. The lowest BCUT2D eigenvalue weighted by molar-refractivity contribution is 0.0789. The fraction of sp³-hybridized carbons (Fsp3) is 1.00. The zero-order chi connectivity index (χ0) is 14.3. The minimum absolute atomic E-state index is 0.822. The highest BCUT2D eigenvalue weighted by molar-refractivity contribution is 4.83. The van der Waals surface area contributed by atoms with Crippen LogP contribution >= 0.6 is 0 Å². The van der Waals surface area contributed by atoms with E-state index >= 15 is 0 Å². The monoisotopic (exact) mass is 254 g/mol. The van der Waals surface area contributed by atoms with Crippen molar-refractivity contribution in [2.24, 2.45) is 35.5 Å². The maximum Gasteiger partial charge on any atom is -0.0329 e. The molecular formula is C18H38. The molecule has 0 rings (SSSR count). The SMILES string of the molecule is CCCC(C(C)CC)C(C(C)C)C(CC)C(C)C. The van der Waals surface area contributed by atoms with Gasteiger partial charge in [-0.15, -0.1) is 0 Å². The molecule has 0 bridgehead atoms. The lowest BCUT2D eigenvalue weighted by atomic mass is 9.64. The number of hydrogen-bond donors (Lipinski definition) is 0. The maximum atomic E-state index is 2.47. The first-order valence-electron chi connectivity index (χ1n) is 8.40. The van der Waals surface area contributed by atoms with Crippen LogP contribution in [-0.4, -0.2) is 0 Å². The van der Waals surface area contributed by atoms with Crippen molar-refractivity contribution in [2.45, 2.75) is 81.1 Å². The van der Waals surface area contributed by atoms with Gasteiger partial charge in [-0.05, 0) is 35.5 Å². The van der Waals surface area contributed by atoms with Crippen molar-refractivity contribution in [3.8, 4) is 0 Å². The molecule has 18 heavy (non-hydrogen) atoms. The van der Waals surface area contributed by atoms with E-state index in [9.17, 15) is 0 Å². The van der Waals surface area contributed by atoms with Crippen LogP contribution in [0.5, 0.6) is 0 Å². The Bertz CT molecular complexity index is 192. The standard InChI is InChI=1S/C18H38/c1-9-12-17(15(8)10-2)18(14(6)7)16(11-3)13(4)5/h13-18H,9-12H2,1-8H3. The third kappa shape index (κ3) is 4.94. The van der Waals surface area contributed by atoms with Gasteiger partial charge in [0, 0.05) is 0 Å². The van der Waals surface area contributed by atoms with Gasteiger partial charge in [0.15, 0.2) is 0 Å². The van der Waals surface area contributed by atoms with E-state index in [0.29, 0.717) is 0 Å². The van der Waals surface area contributed by atoms with Gasteiger partial charge in [0.25, 0.3) is 0 Å². The van der Waals surface area contributed by atoms with E-state index in [0.717, 1.165) is 35.5 Å². The largest absolute Gasteiger partial charge is 0.0654 e. The van der Waals surface area contributed by atoms with Gasteiger partial charge in [-0.3, -0.25) is 0 Å². The Morgan fingerprint density at radius 1 is 0.667 bits per heavy atom. The van der Waals surface area contributed by atoms with Crippen molar-refractivity contribution < 1.29 is 0 Å². The van der Waals surface area contributed by atoms with Crippen LogP contribution in [0, 0.1) is 35.5 Å². The van der Waals surface area contributed by atoms with Gasteiger partial charge in [0.2, 0.25) is 0 Å². The summed E-state index contributed by atoms with van der Waals surface area (Å²) in [6, 6.07) is 0. The molecule has 0 amide bonds. The molecule has 0 aromatic heterocycles. The molecule has 110 valence electrons. The van der Waals surface area contributed by atoms with Crippen molar-refractivity contribution >= 4 is 0 Å². The summed E-state index contributed by atoms with van der Waals surface area (Å²) < 4.78 is 0. The molecule has 0 aliphatic rings. The Kier molecular flexibility index (Phi) is 8.99. The Balaban J connectivity index is 5.12. The fourth-order valence-electron chi connectivity index (χ4n) is 3.99. The van der Waals surface area contributed by atoms with Crippen LogP contribution in [0.2, 0.25) is 0 Å². The van der Waals surface area contributed by atoms with Crippen molar-refractivity contribution in [1.29, 1.82) is 0 Å². The lowest BCUT2D eigenvalue weighted by Crippen LogP contribution is -2.34. The molecule has 0 fully saturated rings. The molecule has 4 atom stereocenters. The van der Waals surface area contributed by atoms with E-state index in [1.807, 2.05) is 0 Å². The van der Waals surface area contributed by atoms with E-state index in [-0.39, 0.29) is 0 Å². The fourth-order valence-corrected chi connectivity index (χ4v) is 3.99. The molecule has 0 spiro atoms. The second-order valence-electron chi connectivity index (χ2n) is 6.98. The highest BCUT2D eigenvalue weighted by Gasteiger charge is 2.34. The van der Waals surface area contributed by atoms with E-state index in [4.69, 9.17) is 0 Å². The van der Waals surface area contributed by atoms with Crippen LogP contribution < -0.4 is 0 Å². The minimum Gasteiger partial charge on any atom is -0.0654 e. The first-order chi connectivity index (χ1) is 8.40. The third-order valence-corrected chi connectivity index (χ3v) is 5.08.